The number of hydrogen-bond acceptors (Lipinski definition) is 4. The predicted molar refractivity (Wildman–Crippen MR) is 51.3 cm³/mol. The van der Waals surface area contributed by atoms with E-state index in [1.54, 1.807) is 36.8 Å². The maximum atomic E-state index is 5.90. The summed E-state index contributed by atoms with van der Waals surface area (Å²) < 4.78 is 10.3. The summed E-state index contributed by atoms with van der Waals surface area (Å²) >= 11 is 0. The molecule has 2 atom stereocenters. The second kappa shape index (κ2) is 3.69. The van der Waals surface area contributed by atoms with Gasteiger partial charge in [-0.3, -0.25) is 0 Å². The molecule has 0 amide bonds. The molecule has 0 aromatic carbocycles. The number of nitrogens with two attached hydrogens (primary N) is 2. The maximum Gasteiger partial charge on any atom is 0.122 e. The smallest absolute Gasteiger partial charge is 0.122 e. The summed E-state index contributed by atoms with van der Waals surface area (Å²) in [5, 5.41) is 0. The third-order valence-electron chi connectivity index (χ3n) is 2.13. The molecule has 0 spiro atoms. The first kappa shape index (κ1) is 9.05. The van der Waals surface area contributed by atoms with Crippen LogP contribution < -0.4 is 11.5 Å². The van der Waals surface area contributed by atoms with Crippen molar-refractivity contribution in [2.45, 2.75) is 12.1 Å². The van der Waals surface area contributed by atoms with Crippen molar-refractivity contribution in [3.05, 3.63) is 48.3 Å². The van der Waals surface area contributed by atoms with E-state index in [0.29, 0.717) is 11.5 Å². The average molecular weight is 192 g/mol. The average Bonchev–Trinajstić information content (AvgIpc) is 2.87. The Morgan fingerprint density at radius 2 is 1.29 bits per heavy atom. The molecular formula is C10H12N2O2. The lowest BCUT2D eigenvalue weighted by Gasteiger charge is -2.15. The zero-order valence-electron chi connectivity index (χ0n) is 7.59. The summed E-state index contributed by atoms with van der Waals surface area (Å²) in [5.41, 5.74) is 11.8. The molecule has 2 aromatic rings. The van der Waals surface area contributed by atoms with Crippen molar-refractivity contribution >= 4 is 0 Å². The molecular weight excluding hydrogens is 180 g/mol. The third-order valence-corrected chi connectivity index (χ3v) is 2.13. The lowest BCUT2D eigenvalue weighted by atomic mass is 10.1. The summed E-state index contributed by atoms with van der Waals surface area (Å²) in [7, 11) is 0. The van der Waals surface area contributed by atoms with Crippen LogP contribution in [0.4, 0.5) is 0 Å². The van der Waals surface area contributed by atoms with E-state index in [4.69, 9.17) is 20.3 Å². The number of hydrogen-bond donors (Lipinski definition) is 2. The molecule has 0 aliphatic rings. The van der Waals surface area contributed by atoms with Gasteiger partial charge in [0, 0.05) is 0 Å². The first-order valence-corrected chi connectivity index (χ1v) is 4.37. The Hall–Kier alpha value is -1.52. The van der Waals surface area contributed by atoms with Gasteiger partial charge in [-0.05, 0) is 24.3 Å². The molecule has 14 heavy (non-hydrogen) atoms. The van der Waals surface area contributed by atoms with Crippen molar-refractivity contribution in [1.82, 2.24) is 0 Å². The largest absolute Gasteiger partial charge is 0.468 e. The van der Waals surface area contributed by atoms with Crippen LogP contribution in [0.5, 0.6) is 0 Å². The zero-order chi connectivity index (χ0) is 9.97. The van der Waals surface area contributed by atoms with E-state index in [0.717, 1.165) is 0 Å². The van der Waals surface area contributed by atoms with Crippen LogP contribution in [0.2, 0.25) is 0 Å². The molecule has 4 N–H and O–H groups in total. The van der Waals surface area contributed by atoms with Crippen LogP contribution in [0.15, 0.2) is 45.6 Å². The van der Waals surface area contributed by atoms with Crippen LogP contribution in [-0.2, 0) is 0 Å². The molecule has 0 bridgehead atoms. The summed E-state index contributed by atoms with van der Waals surface area (Å²) in [6.07, 6.45) is 3.15. The molecule has 74 valence electrons. The minimum atomic E-state index is -0.379. The van der Waals surface area contributed by atoms with Crippen molar-refractivity contribution in [3.8, 4) is 0 Å². The Morgan fingerprint density at radius 3 is 1.57 bits per heavy atom. The Kier molecular flexibility index (Phi) is 2.39. The Labute approximate surface area is 81.5 Å². The fraction of sp³-hybridized carbons (Fsp3) is 0.200. The van der Waals surface area contributed by atoms with Gasteiger partial charge in [-0.1, -0.05) is 0 Å². The van der Waals surface area contributed by atoms with Gasteiger partial charge in [0.15, 0.2) is 0 Å². The maximum absolute atomic E-state index is 5.90. The number of rotatable bonds is 3. The van der Waals surface area contributed by atoms with Crippen molar-refractivity contribution in [1.29, 1.82) is 0 Å². The highest BCUT2D eigenvalue weighted by Crippen LogP contribution is 2.24. The highest BCUT2D eigenvalue weighted by Gasteiger charge is 2.21. The van der Waals surface area contributed by atoms with E-state index < -0.39 is 0 Å². The molecule has 0 radical (unpaired) electrons. The molecule has 0 saturated carbocycles. The molecule has 0 fully saturated rings. The van der Waals surface area contributed by atoms with Crippen LogP contribution in [0.3, 0.4) is 0 Å². The van der Waals surface area contributed by atoms with Crippen molar-refractivity contribution in [3.63, 3.8) is 0 Å². The summed E-state index contributed by atoms with van der Waals surface area (Å²) in [6.45, 7) is 0. The normalized spacial score (nSPS) is 15.3. The monoisotopic (exact) mass is 192 g/mol. The second-order valence-electron chi connectivity index (χ2n) is 3.08. The van der Waals surface area contributed by atoms with E-state index in [-0.39, 0.29) is 12.1 Å². The molecule has 0 unspecified atom stereocenters. The molecule has 2 rings (SSSR count). The predicted octanol–water partition coefficient (Wildman–Crippen LogP) is 1.57. The van der Waals surface area contributed by atoms with Gasteiger partial charge in [0.05, 0.1) is 24.6 Å². The van der Waals surface area contributed by atoms with Crippen molar-refractivity contribution in [2.24, 2.45) is 11.5 Å². The Balaban J connectivity index is 2.16. The zero-order valence-corrected chi connectivity index (χ0v) is 7.59. The first-order valence-electron chi connectivity index (χ1n) is 4.37. The van der Waals surface area contributed by atoms with Gasteiger partial charge in [-0.25, -0.2) is 0 Å². The standard InChI is InChI=1S/C10H12N2O2/c11-9(7-3-1-5-13-7)10(12)8-4-2-6-14-8/h1-6,9-10H,11-12H2/t9-,10-/m0/s1. The molecule has 2 aromatic heterocycles. The van der Waals surface area contributed by atoms with Crippen LogP contribution in [0.1, 0.15) is 23.6 Å². The second-order valence-corrected chi connectivity index (χ2v) is 3.08. The van der Waals surface area contributed by atoms with Crippen LogP contribution in [0.25, 0.3) is 0 Å². The van der Waals surface area contributed by atoms with E-state index in [2.05, 4.69) is 0 Å². The molecule has 0 aliphatic heterocycles. The van der Waals surface area contributed by atoms with E-state index in [1.165, 1.54) is 0 Å². The van der Waals surface area contributed by atoms with Gasteiger partial charge >= 0.3 is 0 Å². The third kappa shape index (κ3) is 1.57. The Bertz CT molecular complexity index is 328. The molecule has 4 heteroatoms. The molecule has 2 heterocycles. The van der Waals surface area contributed by atoms with E-state index >= 15 is 0 Å². The van der Waals surface area contributed by atoms with Gasteiger partial charge in [0.1, 0.15) is 11.5 Å². The fourth-order valence-electron chi connectivity index (χ4n) is 1.32. The summed E-state index contributed by atoms with van der Waals surface area (Å²) in [5.74, 6) is 1.32. The Morgan fingerprint density at radius 1 is 0.857 bits per heavy atom. The lowest BCUT2D eigenvalue weighted by molar-refractivity contribution is 0.381. The van der Waals surface area contributed by atoms with Crippen LogP contribution in [0, 0.1) is 0 Å². The molecule has 0 saturated heterocycles. The summed E-state index contributed by atoms with van der Waals surface area (Å²) in [4.78, 5) is 0. The van der Waals surface area contributed by atoms with Gasteiger partial charge in [0.2, 0.25) is 0 Å². The quantitative estimate of drug-likeness (QED) is 0.773. The highest BCUT2D eigenvalue weighted by molar-refractivity contribution is 5.13. The SMILES string of the molecule is N[C@@H](c1ccco1)[C@@H](N)c1ccco1. The van der Waals surface area contributed by atoms with Gasteiger partial charge in [0.25, 0.3) is 0 Å². The minimum absolute atomic E-state index is 0.379. The lowest BCUT2D eigenvalue weighted by Crippen LogP contribution is -2.25. The van der Waals surface area contributed by atoms with Crippen LogP contribution in [-0.4, -0.2) is 0 Å². The van der Waals surface area contributed by atoms with Gasteiger partial charge < -0.3 is 20.3 Å². The molecule has 0 aliphatic carbocycles. The molecule has 4 nitrogen and oxygen atoms in total. The number of furan rings is 2. The topological polar surface area (TPSA) is 78.3 Å². The van der Waals surface area contributed by atoms with E-state index in [9.17, 15) is 0 Å². The van der Waals surface area contributed by atoms with Crippen LogP contribution >= 0.6 is 0 Å². The fourth-order valence-corrected chi connectivity index (χ4v) is 1.32. The summed E-state index contributed by atoms with van der Waals surface area (Å²) in [6, 6.07) is 6.40. The highest BCUT2D eigenvalue weighted by atomic mass is 16.3. The first-order chi connectivity index (χ1) is 6.79. The van der Waals surface area contributed by atoms with Crippen molar-refractivity contribution < 1.29 is 8.83 Å². The van der Waals surface area contributed by atoms with E-state index in [1.807, 2.05) is 0 Å². The van der Waals surface area contributed by atoms with Crippen molar-refractivity contribution in [2.75, 3.05) is 0 Å². The van der Waals surface area contributed by atoms with Gasteiger partial charge in [-0.15, -0.1) is 0 Å². The minimum Gasteiger partial charge on any atom is -0.468 e. The van der Waals surface area contributed by atoms with Gasteiger partial charge in [-0.2, -0.15) is 0 Å².